The Kier molecular flexibility index (Phi) is 3.53. The summed E-state index contributed by atoms with van der Waals surface area (Å²) in [6, 6.07) is 11.1. The number of nitrogen functional groups attached to an aromatic ring is 1. The maximum absolute atomic E-state index is 12.5. The van der Waals surface area contributed by atoms with Crippen LogP contribution >= 0.6 is 15.9 Å². The number of nitrogens with two attached hydrogens (primary N) is 1. The molecule has 2 rings (SSSR count). The van der Waals surface area contributed by atoms with Crippen LogP contribution in [0.1, 0.15) is 27.0 Å². The van der Waals surface area contributed by atoms with E-state index in [4.69, 9.17) is 5.73 Å². The Morgan fingerprint density at radius 1 is 1.00 bits per heavy atom. The minimum absolute atomic E-state index is 0.0183. The molecule has 0 bridgehead atoms. The predicted molar refractivity (Wildman–Crippen MR) is 77.9 cm³/mol. The second-order valence-corrected chi connectivity index (χ2v) is 5.28. The van der Waals surface area contributed by atoms with Crippen molar-refractivity contribution in [1.29, 1.82) is 0 Å². The van der Waals surface area contributed by atoms with Crippen LogP contribution in [0.3, 0.4) is 0 Å². The Morgan fingerprint density at radius 3 is 2.39 bits per heavy atom. The van der Waals surface area contributed by atoms with Gasteiger partial charge in [0.25, 0.3) is 0 Å². The maximum atomic E-state index is 12.5. The van der Waals surface area contributed by atoms with Gasteiger partial charge in [0.2, 0.25) is 0 Å². The van der Waals surface area contributed by atoms with Gasteiger partial charge >= 0.3 is 0 Å². The van der Waals surface area contributed by atoms with E-state index in [0.717, 1.165) is 15.6 Å². The Bertz CT molecular complexity index is 620. The summed E-state index contributed by atoms with van der Waals surface area (Å²) in [6.07, 6.45) is 0. The van der Waals surface area contributed by atoms with Crippen molar-refractivity contribution >= 4 is 27.4 Å². The van der Waals surface area contributed by atoms with E-state index in [0.29, 0.717) is 16.8 Å². The molecule has 0 aromatic heterocycles. The monoisotopic (exact) mass is 303 g/mol. The normalized spacial score (nSPS) is 10.4. The fourth-order valence-corrected chi connectivity index (χ4v) is 2.39. The predicted octanol–water partition coefficient (Wildman–Crippen LogP) is 3.88. The van der Waals surface area contributed by atoms with Crippen LogP contribution in [-0.4, -0.2) is 5.78 Å². The van der Waals surface area contributed by atoms with Crippen LogP contribution in [0.15, 0.2) is 40.9 Å². The van der Waals surface area contributed by atoms with Crippen molar-refractivity contribution in [3.63, 3.8) is 0 Å². The van der Waals surface area contributed by atoms with Crippen molar-refractivity contribution in [1.82, 2.24) is 0 Å². The highest BCUT2D eigenvalue weighted by Gasteiger charge is 2.14. The fourth-order valence-electron chi connectivity index (χ4n) is 1.91. The molecule has 2 aromatic carbocycles. The minimum atomic E-state index is 0.0183. The van der Waals surface area contributed by atoms with Gasteiger partial charge in [-0.2, -0.15) is 0 Å². The van der Waals surface area contributed by atoms with Crippen molar-refractivity contribution in [3.8, 4) is 0 Å². The first-order chi connectivity index (χ1) is 8.49. The summed E-state index contributed by atoms with van der Waals surface area (Å²) in [7, 11) is 0. The van der Waals surface area contributed by atoms with Crippen molar-refractivity contribution in [2.24, 2.45) is 0 Å². The molecular weight excluding hydrogens is 290 g/mol. The fraction of sp³-hybridized carbons (Fsp3) is 0.133. The third kappa shape index (κ3) is 2.46. The van der Waals surface area contributed by atoms with Gasteiger partial charge in [0.15, 0.2) is 5.78 Å². The van der Waals surface area contributed by atoms with Gasteiger partial charge in [-0.15, -0.1) is 0 Å². The first kappa shape index (κ1) is 12.8. The molecule has 0 fully saturated rings. The third-order valence-electron chi connectivity index (χ3n) is 2.94. The number of carbonyl (C=O) groups excluding carboxylic acids is 1. The summed E-state index contributed by atoms with van der Waals surface area (Å²) in [6.45, 7) is 3.85. The van der Waals surface area contributed by atoms with Crippen LogP contribution in [0.25, 0.3) is 0 Å². The first-order valence-corrected chi connectivity index (χ1v) is 6.45. The van der Waals surface area contributed by atoms with E-state index >= 15 is 0 Å². The van der Waals surface area contributed by atoms with Gasteiger partial charge in [0.05, 0.1) is 0 Å². The van der Waals surface area contributed by atoms with Crippen molar-refractivity contribution in [2.75, 3.05) is 5.73 Å². The van der Waals surface area contributed by atoms with Crippen LogP contribution in [0.5, 0.6) is 0 Å². The highest BCUT2D eigenvalue weighted by molar-refractivity contribution is 9.10. The van der Waals surface area contributed by atoms with Gasteiger partial charge in [-0.25, -0.2) is 0 Å². The number of ketones is 1. The van der Waals surface area contributed by atoms with Crippen LogP contribution in [0.4, 0.5) is 5.69 Å². The Hall–Kier alpha value is -1.61. The lowest BCUT2D eigenvalue weighted by Crippen LogP contribution is -2.06. The molecule has 2 aromatic rings. The van der Waals surface area contributed by atoms with Gasteiger partial charge in [-0.05, 0) is 55.3 Å². The minimum Gasteiger partial charge on any atom is -0.399 e. The van der Waals surface area contributed by atoms with Gasteiger partial charge in [0, 0.05) is 21.3 Å². The third-order valence-corrected chi connectivity index (χ3v) is 3.43. The van der Waals surface area contributed by atoms with Crippen LogP contribution in [0, 0.1) is 13.8 Å². The molecule has 0 heterocycles. The Morgan fingerprint density at radius 2 is 1.72 bits per heavy atom. The van der Waals surface area contributed by atoms with Crippen LogP contribution in [0.2, 0.25) is 0 Å². The SMILES string of the molecule is Cc1cc(Br)ccc1C(=O)c1cc(N)ccc1C. The van der Waals surface area contributed by atoms with E-state index in [2.05, 4.69) is 15.9 Å². The molecular formula is C15H14BrNO. The molecule has 18 heavy (non-hydrogen) atoms. The molecule has 2 nitrogen and oxygen atoms in total. The number of hydrogen-bond acceptors (Lipinski definition) is 2. The second kappa shape index (κ2) is 4.94. The average molecular weight is 304 g/mol. The summed E-state index contributed by atoms with van der Waals surface area (Å²) < 4.78 is 0.973. The lowest BCUT2D eigenvalue weighted by molar-refractivity contribution is 0.103. The zero-order valence-corrected chi connectivity index (χ0v) is 11.9. The van der Waals surface area contributed by atoms with E-state index in [9.17, 15) is 4.79 Å². The molecule has 0 amide bonds. The van der Waals surface area contributed by atoms with E-state index in [-0.39, 0.29) is 5.78 Å². The quantitative estimate of drug-likeness (QED) is 0.676. The van der Waals surface area contributed by atoms with Gasteiger partial charge < -0.3 is 5.73 Å². The van der Waals surface area contributed by atoms with Crippen molar-refractivity contribution < 1.29 is 4.79 Å². The van der Waals surface area contributed by atoms with Gasteiger partial charge in [0.1, 0.15) is 0 Å². The number of anilines is 1. The van der Waals surface area contributed by atoms with E-state index in [1.807, 2.05) is 38.1 Å². The molecule has 0 aliphatic heterocycles. The summed E-state index contributed by atoms with van der Waals surface area (Å²) in [5, 5.41) is 0. The van der Waals surface area contributed by atoms with E-state index in [1.54, 1.807) is 12.1 Å². The zero-order chi connectivity index (χ0) is 13.3. The van der Waals surface area contributed by atoms with Crippen LogP contribution in [-0.2, 0) is 0 Å². The van der Waals surface area contributed by atoms with E-state index < -0.39 is 0 Å². The molecule has 3 heteroatoms. The highest BCUT2D eigenvalue weighted by Crippen LogP contribution is 2.21. The topological polar surface area (TPSA) is 43.1 Å². The molecule has 0 aliphatic rings. The number of rotatable bonds is 2. The standard InChI is InChI=1S/C15H14BrNO/c1-9-3-5-12(17)8-14(9)15(18)13-6-4-11(16)7-10(13)2/h3-8H,17H2,1-2H3. The number of halogens is 1. The number of hydrogen-bond donors (Lipinski definition) is 1. The summed E-state index contributed by atoms with van der Waals surface area (Å²) in [4.78, 5) is 12.5. The summed E-state index contributed by atoms with van der Waals surface area (Å²) >= 11 is 3.40. The number of benzene rings is 2. The van der Waals surface area contributed by atoms with Crippen LogP contribution < -0.4 is 5.73 Å². The first-order valence-electron chi connectivity index (χ1n) is 5.66. The zero-order valence-electron chi connectivity index (χ0n) is 10.3. The van der Waals surface area contributed by atoms with Crippen molar-refractivity contribution in [3.05, 3.63) is 63.1 Å². The largest absolute Gasteiger partial charge is 0.399 e. The number of aryl methyl sites for hydroxylation is 2. The molecule has 0 radical (unpaired) electrons. The second-order valence-electron chi connectivity index (χ2n) is 4.36. The lowest BCUT2D eigenvalue weighted by atomic mass is 9.96. The molecule has 0 saturated heterocycles. The molecule has 0 atom stereocenters. The Balaban J connectivity index is 2.51. The molecule has 0 saturated carbocycles. The summed E-state index contributed by atoms with van der Waals surface area (Å²) in [5.74, 6) is 0.0183. The summed E-state index contributed by atoms with van der Waals surface area (Å²) in [5.41, 5.74) is 9.63. The van der Waals surface area contributed by atoms with E-state index in [1.165, 1.54) is 0 Å². The Labute approximate surface area is 115 Å². The highest BCUT2D eigenvalue weighted by atomic mass is 79.9. The maximum Gasteiger partial charge on any atom is 0.193 e. The average Bonchev–Trinajstić information content (AvgIpc) is 2.31. The molecule has 0 unspecified atom stereocenters. The number of carbonyl (C=O) groups is 1. The molecule has 0 spiro atoms. The molecule has 0 aliphatic carbocycles. The van der Waals surface area contributed by atoms with Crippen molar-refractivity contribution in [2.45, 2.75) is 13.8 Å². The molecule has 92 valence electrons. The lowest BCUT2D eigenvalue weighted by Gasteiger charge is -2.09. The molecule has 2 N–H and O–H groups in total. The smallest absolute Gasteiger partial charge is 0.193 e. The van der Waals surface area contributed by atoms with Gasteiger partial charge in [-0.3, -0.25) is 4.79 Å². The van der Waals surface area contributed by atoms with Gasteiger partial charge in [-0.1, -0.05) is 22.0 Å².